The zero-order valence-electron chi connectivity index (χ0n) is 14.5. The highest BCUT2D eigenvalue weighted by Gasteiger charge is 2.12. The van der Waals surface area contributed by atoms with E-state index < -0.39 is 0 Å². The second kappa shape index (κ2) is 6.65. The van der Waals surface area contributed by atoms with Crippen LogP contribution in [0.5, 0.6) is 5.75 Å². The average Bonchev–Trinajstić information content (AvgIpc) is 2.84. The number of hydrogen-bond donors (Lipinski definition) is 0. The number of fused-ring (bicyclic) bond motifs is 1. The molecule has 124 valence electrons. The standard InChI is InChI=1S/C20H22N2OS/c1-14-10-18(23-20(24)21(3)4)12-17-11-15(2)22(19(14)17)13-16-8-6-5-7-9-16/h5-12H,13H2,1-4H3. The molecule has 24 heavy (non-hydrogen) atoms. The van der Waals surface area contributed by atoms with Gasteiger partial charge in [0.2, 0.25) is 0 Å². The Hall–Kier alpha value is -2.33. The molecule has 0 radical (unpaired) electrons. The highest BCUT2D eigenvalue weighted by molar-refractivity contribution is 7.80. The van der Waals surface area contributed by atoms with Crippen LogP contribution in [0.4, 0.5) is 0 Å². The molecule has 4 heteroatoms. The van der Waals surface area contributed by atoms with Crippen molar-refractivity contribution in [3.63, 3.8) is 0 Å². The van der Waals surface area contributed by atoms with E-state index in [1.54, 1.807) is 4.90 Å². The average molecular weight is 338 g/mol. The van der Waals surface area contributed by atoms with Crippen LogP contribution in [-0.4, -0.2) is 28.7 Å². The van der Waals surface area contributed by atoms with Crippen molar-refractivity contribution in [3.8, 4) is 5.75 Å². The van der Waals surface area contributed by atoms with Crippen molar-refractivity contribution in [1.29, 1.82) is 0 Å². The van der Waals surface area contributed by atoms with E-state index >= 15 is 0 Å². The summed E-state index contributed by atoms with van der Waals surface area (Å²) >= 11 is 5.24. The van der Waals surface area contributed by atoms with Gasteiger partial charge in [0.05, 0.1) is 5.52 Å². The van der Waals surface area contributed by atoms with Gasteiger partial charge in [-0.05, 0) is 55.4 Å². The molecule has 0 spiro atoms. The van der Waals surface area contributed by atoms with Crippen molar-refractivity contribution < 1.29 is 4.74 Å². The Morgan fingerprint density at radius 2 is 1.79 bits per heavy atom. The summed E-state index contributed by atoms with van der Waals surface area (Å²) in [5.41, 5.74) is 4.98. The number of aryl methyl sites for hydroxylation is 2. The van der Waals surface area contributed by atoms with E-state index in [0.717, 1.165) is 12.3 Å². The molecule has 1 heterocycles. The molecule has 0 unspecified atom stereocenters. The Morgan fingerprint density at radius 3 is 2.46 bits per heavy atom. The molecule has 0 saturated carbocycles. The summed E-state index contributed by atoms with van der Waals surface area (Å²) in [6.45, 7) is 5.13. The van der Waals surface area contributed by atoms with Gasteiger partial charge in [0.25, 0.3) is 5.17 Å². The molecule has 3 aromatic rings. The number of rotatable bonds is 3. The summed E-state index contributed by atoms with van der Waals surface area (Å²) in [6, 6.07) is 16.9. The number of hydrogen-bond acceptors (Lipinski definition) is 2. The van der Waals surface area contributed by atoms with Gasteiger partial charge in [0, 0.05) is 31.7 Å². The van der Waals surface area contributed by atoms with E-state index in [2.05, 4.69) is 60.9 Å². The lowest BCUT2D eigenvalue weighted by atomic mass is 10.1. The van der Waals surface area contributed by atoms with Crippen LogP contribution < -0.4 is 4.74 Å². The highest BCUT2D eigenvalue weighted by Crippen LogP contribution is 2.29. The van der Waals surface area contributed by atoms with E-state index in [4.69, 9.17) is 17.0 Å². The maximum Gasteiger partial charge on any atom is 0.264 e. The molecule has 0 amide bonds. The molecule has 2 aromatic carbocycles. The first-order chi connectivity index (χ1) is 11.5. The minimum atomic E-state index is 0.467. The fourth-order valence-corrected chi connectivity index (χ4v) is 3.05. The molecule has 0 bridgehead atoms. The Bertz CT molecular complexity index is 882. The molecule has 0 aliphatic rings. The van der Waals surface area contributed by atoms with Gasteiger partial charge < -0.3 is 14.2 Å². The van der Waals surface area contributed by atoms with Crippen molar-refractivity contribution in [2.45, 2.75) is 20.4 Å². The first-order valence-corrected chi connectivity index (χ1v) is 8.40. The molecule has 0 aliphatic carbocycles. The maximum absolute atomic E-state index is 5.78. The quantitative estimate of drug-likeness (QED) is 0.653. The normalized spacial score (nSPS) is 10.8. The third kappa shape index (κ3) is 3.29. The van der Waals surface area contributed by atoms with Gasteiger partial charge in [-0.2, -0.15) is 0 Å². The molecule has 3 nitrogen and oxygen atoms in total. The fourth-order valence-electron chi connectivity index (χ4n) is 2.95. The van der Waals surface area contributed by atoms with E-state index in [1.165, 1.54) is 27.7 Å². The van der Waals surface area contributed by atoms with Crippen LogP contribution in [0.1, 0.15) is 16.8 Å². The molecule has 1 aromatic heterocycles. The number of nitrogens with zero attached hydrogens (tertiary/aromatic N) is 2. The minimum Gasteiger partial charge on any atom is -0.432 e. The third-order valence-electron chi connectivity index (χ3n) is 4.12. The van der Waals surface area contributed by atoms with Gasteiger partial charge in [0.1, 0.15) is 5.75 Å². The predicted molar refractivity (Wildman–Crippen MR) is 104 cm³/mol. The molecular formula is C20H22N2OS. The predicted octanol–water partition coefficient (Wildman–Crippen LogP) is 4.53. The van der Waals surface area contributed by atoms with Crippen LogP contribution in [-0.2, 0) is 6.54 Å². The Balaban J connectivity index is 2.00. The van der Waals surface area contributed by atoms with Gasteiger partial charge >= 0.3 is 0 Å². The van der Waals surface area contributed by atoms with Gasteiger partial charge in [-0.25, -0.2) is 0 Å². The smallest absolute Gasteiger partial charge is 0.264 e. The molecule has 0 saturated heterocycles. The lowest BCUT2D eigenvalue weighted by molar-refractivity contribution is 0.449. The lowest BCUT2D eigenvalue weighted by Crippen LogP contribution is -2.25. The lowest BCUT2D eigenvalue weighted by Gasteiger charge is -2.15. The second-order valence-electron chi connectivity index (χ2n) is 6.30. The third-order valence-corrected chi connectivity index (χ3v) is 4.57. The topological polar surface area (TPSA) is 17.4 Å². The van der Waals surface area contributed by atoms with E-state index in [-0.39, 0.29) is 0 Å². The molecule has 0 fully saturated rings. The summed E-state index contributed by atoms with van der Waals surface area (Å²) < 4.78 is 8.14. The van der Waals surface area contributed by atoms with Crippen LogP contribution in [0, 0.1) is 13.8 Å². The zero-order valence-corrected chi connectivity index (χ0v) is 15.4. The maximum atomic E-state index is 5.78. The van der Waals surface area contributed by atoms with Crippen molar-refractivity contribution in [3.05, 3.63) is 65.4 Å². The molecule has 0 N–H and O–H groups in total. The van der Waals surface area contributed by atoms with E-state index in [0.29, 0.717) is 5.17 Å². The van der Waals surface area contributed by atoms with Crippen molar-refractivity contribution in [1.82, 2.24) is 9.47 Å². The van der Waals surface area contributed by atoms with Gasteiger partial charge in [0.15, 0.2) is 0 Å². The number of benzene rings is 2. The van der Waals surface area contributed by atoms with Crippen LogP contribution in [0.15, 0.2) is 48.5 Å². The summed E-state index contributed by atoms with van der Waals surface area (Å²) in [5.74, 6) is 0.788. The van der Waals surface area contributed by atoms with Gasteiger partial charge in [-0.3, -0.25) is 0 Å². The number of aromatic nitrogens is 1. The van der Waals surface area contributed by atoms with Crippen LogP contribution >= 0.6 is 12.2 Å². The minimum absolute atomic E-state index is 0.467. The highest BCUT2D eigenvalue weighted by atomic mass is 32.1. The monoisotopic (exact) mass is 338 g/mol. The van der Waals surface area contributed by atoms with Crippen molar-refractivity contribution in [2.75, 3.05) is 14.1 Å². The first kappa shape index (κ1) is 16.5. The zero-order chi connectivity index (χ0) is 17.3. The Labute approximate surface area is 148 Å². The van der Waals surface area contributed by atoms with Crippen LogP contribution in [0.2, 0.25) is 0 Å². The summed E-state index contributed by atoms with van der Waals surface area (Å²) in [6.07, 6.45) is 0. The van der Waals surface area contributed by atoms with Crippen LogP contribution in [0.25, 0.3) is 10.9 Å². The second-order valence-corrected chi connectivity index (χ2v) is 6.65. The number of thiocarbonyl (C=S) groups is 1. The fraction of sp³-hybridized carbons (Fsp3) is 0.250. The van der Waals surface area contributed by atoms with Gasteiger partial charge in [-0.15, -0.1) is 0 Å². The Kier molecular flexibility index (Phi) is 4.58. The van der Waals surface area contributed by atoms with Crippen molar-refractivity contribution in [2.24, 2.45) is 0 Å². The van der Waals surface area contributed by atoms with E-state index in [1.807, 2.05) is 20.2 Å². The summed E-state index contributed by atoms with van der Waals surface area (Å²) in [4.78, 5) is 1.79. The van der Waals surface area contributed by atoms with Crippen LogP contribution in [0.3, 0.4) is 0 Å². The van der Waals surface area contributed by atoms with E-state index in [9.17, 15) is 0 Å². The largest absolute Gasteiger partial charge is 0.432 e. The van der Waals surface area contributed by atoms with Crippen molar-refractivity contribution >= 4 is 28.3 Å². The van der Waals surface area contributed by atoms with Gasteiger partial charge in [-0.1, -0.05) is 30.3 Å². The SMILES string of the molecule is Cc1cc(OC(=S)N(C)C)cc2cc(C)n(Cc3ccccc3)c12. The molecule has 0 atom stereocenters. The molecule has 3 rings (SSSR count). The summed E-state index contributed by atoms with van der Waals surface area (Å²) in [7, 11) is 3.77. The summed E-state index contributed by atoms with van der Waals surface area (Å²) in [5, 5.41) is 1.65. The molecular weight excluding hydrogens is 316 g/mol. The molecule has 0 aliphatic heterocycles. The first-order valence-electron chi connectivity index (χ1n) is 7.99. The number of ether oxygens (including phenoxy) is 1. The Morgan fingerprint density at radius 1 is 1.08 bits per heavy atom.